The van der Waals surface area contributed by atoms with Crippen LogP contribution in [0.25, 0.3) is 0 Å². The van der Waals surface area contributed by atoms with Gasteiger partial charge in [-0.25, -0.2) is 4.98 Å². The highest BCUT2D eigenvalue weighted by Gasteiger charge is 2.11. The van der Waals surface area contributed by atoms with Crippen molar-refractivity contribution in [2.45, 2.75) is 32.9 Å². The minimum absolute atomic E-state index is 0.0112. The van der Waals surface area contributed by atoms with Gasteiger partial charge in [0.05, 0.1) is 12.4 Å². The molecule has 4 heteroatoms. The lowest BCUT2D eigenvalue weighted by atomic mass is 10.0. The number of aromatic nitrogens is 2. The van der Waals surface area contributed by atoms with Crippen molar-refractivity contribution in [3.63, 3.8) is 0 Å². The van der Waals surface area contributed by atoms with Gasteiger partial charge in [0, 0.05) is 18.3 Å². The minimum Gasteiger partial charge on any atom is -0.312 e. The molecule has 0 fully saturated rings. The molecule has 0 saturated heterocycles. The van der Waals surface area contributed by atoms with Crippen LogP contribution in [0.4, 0.5) is 0 Å². The first-order valence-corrected chi connectivity index (χ1v) is 6.93. The SMILES string of the molecule is CCc1ccc(C(Cn2cnc(C)cc2=O)NC)cc1. The van der Waals surface area contributed by atoms with E-state index in [4.69, 9.17) is 0 Å². The molecule has 1 unspecified atom stereocenters. The van der Waals surface area contributed by atoms with Crippen molar-refractivity contribution in [2.75, 3.05) is 7.05 Å². The summed E-state index contributed by atoms with van der Waals surface area (Å²) in [5, 5.41) is 3.26. The molecule has 0 radical (unpaired) electrons. The third-order valence-electron chi connectivity index (χ3n) is 3.53. The van der Waals surface area contributed by atoms with Crippen molar-refractivity contribution in [1.29, 1.82) is 0 Å². The molecule has 0 aliphatic carbocycles. The lowest BCUT2D eigenvalue weighted by Gasteiger charge is -2.18. The van der Waals surface area contributed by atoms with E-state index in [1.165, 1.54) is 11.1 Å². The number of aryl methyl sites for hydroxylation is 2. The molecule has 0 aliphatic rings. The Bertz CT molecular complexity index is 616. The van der Waals surface area contributed by atoms with E-state index < -0.39 is 0 Å². The van der Waals surface area contributed by atoms with E-state index >= 15 is 0 Å². The molecule has 1 N–H and O–H groups in total. The van der Waals surface area contributed by atoms with Gasteiger partial charge in [-0.1, -0.05) is 31.2 Å². The Morgan fingerprint density at radius 3 is 2.55 bits per heavy atom. The quantitative estimate of drug-likeness (QED) is 0.905. The zero-order valence-electron chi connectivity index (χ0n) is 12.3. The van der Waals surface area contributed by atoms with Crippen LogP contribution in [0.3, 0.4) is 0 Å². The Morgan fingerprint density at radius 2 is 2.00 bits per heavy atom. The van der Waals surface area contributed by atoms with Crippen molar-refractivity contribution in [3.05, 3.63) is 63.8 Å². The molecule has 0 bridgehead atoms. The van der Waals surface area contributed by atoms with Gasteiger partial charge >= 0.3 is 0 Å². The van der Waals surface area contributed by atoms with Crippen LogP contribution in [0.2, 0.25) is 0 Å². The van der Waals surface area contributed by atoms with Crippen LogP contribution >= 0.6 is 0 Å². The van der Waals surface area contributed by atoms with Gasteiger partial charge < -0.3 is 5.32 Å². The number of hydrogen-bond donors (Lipinski definition) is 1. The van der Waals surface area contributed by atoms with E-state index in [1.807, 2.05) is 14.0 Å². The molecule has 1 aromatic heterocycles. The highest BCUT2D eigenvalue weighted by Crippen LogP contribution is 2.15. The van der Waals surface area contributed by atoms with Crippen molar-refractivity contribution in [3.8, 4) is 0 Å². The molecule has 1 aromatic carbocycles. The maximum Gasteiger partial charge on any atom is 0.253 e. The molecule has 1 heterocycles. The molecule has 2 rings (SSSR count). The zero-order valence-corrected chi connectivity index (χ0v) is 12.3. The first-order chi connectivity index (χ1) is 9.63. The van der Waals surface area contributed by atoms with Crippen LogP contribution in [-0.4, -0.2) is 16.6 Å². The van der Waals surface area contributed by atoms with Gasteiger partial charge in [0.2, 0.25) is 0 Å². The van der Waals surface area contributed by atoms with Gasteiger partial charge in [0.1, 0.15) is 0 Å². The summed E-state index contributed by atoms with van der Waals surface area (Å²) in [6.07, 6.45) is 2.65. The first-order valence-electron chi connectivity index (χ1n) is 6.93. The second-order valence-electron chi connectivity index (χ2n) is 4.96. The normalized spacial score (nSPS) is 12.3. The lowest BCUT2D eigenvalue weighted by molar-refractivity contribution is 0.485. The smallest absolute Gasteiger partial charge is 0.253 e. The fraction of sp³-hybridized carbons (Fsp3) is 0.375. The van der Waals surface area contributed by atoms with Crippen LogP contribution in [0.5, 0.6) is 0 Å². The summed E-state index contributed by atoms with van der Waals surface area (Å²) in [6.45, 7) is 4.54. The van der Waals surface area contributed by atoms with Crippen molar-refractivity contribution < 1.29 is 0 Å². The van der Waals surface area contributed by atoms with E-state index in [0.29, 0.717) is 6.54 Å². The average Bonchev–Trinajstić information content (AvgIpc) is 2.47. The third-order valence-corrected chi connectivity index (χ3v) is 3.53. The predicted octanol–water partition coefficient (Wildman–Crippen LogP) is 2.07. The van der Waals surface area contributed by atoms with Crippen LogP contribution in [-0.2, 0) is 13.0 Å². The molecule has 0 saturated carbocycles. The predicted molar refractivity (Wildman–Crippen MR) is 80.9 cm³/mol. The first kappa shape index (κ1) is 14.5. The number of likely N-dealkylation sites (N-methyl/N-ethyl adjacent to an activating group) is 1. The fourth-order valence-corrected chi connectivity index (χ4v) is 2.20. The molecule has 1 atom stereocenters. The second kappa shape index (κ2) is 6.48. The van der Waals surface area contributed by atoms with Gasteiger partial charge in [0.15, 0.2) is 0 Å². The molecular weight excluding hydrogens is 250 g/mol. The van der Waals surface area contributed by atoms with Gasteiger partial charge in [-0.2, -0.15) is 0 Å². The Labute approximate surface area is 119 Å². The number of nitrogens with zero attached hydrogens (tertiary/aromatic N) is 2. The summed E-state index contributed by atoms with van der Waals surface area (Å²) in [5.74, 6) is 0. The summed E-state index contributed by atoms with van der Waals surface area (Å²) < 4.78 is 1.64. The van der Waals surface area contributed by atoms with E-state index in [0.717, 1.165) is 12.1 Å². The van der Waals surface area contributed by atoms with Crippen LogP contribution in [0.1, 0.15) is 29.8 Å². The number of nitrogens with one attached hydrogen (secondary N) is 1. The molecular formula is C16H21N3O. The molecule has 106 valence electrons. The standard InChI is InChI=1S/C16H21N3O/c1-4-13-5-7-14(8-6-13)15(17-3)10-19-11-18-12(2)9-16(19)20/h5-9,11,15,17H,4,10H2,1-3H3. The summed E-state index contributed by atoms with van der Waals surface area (Å²) >= 11 is 0. The summed E-state index contributed by atoms with van der Waals surface area (Å²) in [4.78, 5) is 16.1. The van der Waals surface area contributed by atoms with Crippen LogP contribution in [0.15, 0.2) is 41.5 Å². The molecule has 0 amide bonds. The molecule has 20 heavy (non-hydrogen) atoms. The van der Waals surface area contributed by atoms with Crippen molar-refractivity contribution in [2.24, 2.45) is 0 Å². The van der Waals surface area contributed by atoms with E-state index in [1.54, 1.807) is 17.0 Å². The summed E-state index contributed by atoms with van der Waals surface area (Å²) in [6, 6.07) is 10.2. The highest BCUT2D eigenvalue weighted by molar-refractivity contribution is 5.25. The van der Waals surface area contributed by atoms with Crippen molar-refractivity contribution >= 4 is 0 Å². The maximum atomic E-state index is 11.9. The van der Waals surface area contributed by atoms with Gasteiger partial charge in [-0.3, -0.25) is 9.36 Å². The Morgan fingerprint density at radius 1 is 1.30 bits per heavy atom. The lowest BCUT2D eigenvalue weighted by Crippen LogP contribution is -2.28. The Hall–Kier alpha value is -1.94. The van der Waals surface area contributed by atoms with E-state index in [2.05, 4.69) is 41.5 Å². The Kier molecular flexibility index (Phi) is 4.69. The summed E-state index contributed by atoms with van der Waals surface area (Å²) in [5.41, 5.74) is 3.23. The highest BCUT2D eigenvalue weighted by atomic mass is 16.1. The maximum absolute atomic E-state index is 11.9. The van der Waals surface area contributed by atoms with Crippen LogP contribution < -0.4 is 10.9 Å². The Balaban J connectivity index is 2.21. The molecule has 0 aliphatic heterocycles. The number of benzene rings is 1. The number of rotatable bonds is 5. The molecule has 2 aromatic rings. The number of hydrogen-bond acceptors (Lipinski definition) is 3. The van der Waals surface area contributed by atoms with Gasteiger partial charge in [-0.05, 0) is 31.5 Å². The molecule has 4 nitrogen and oxygen atoms in total. The monoisotopic (exact) mass is 271 g/mol. The average molecular weight is 271 g/mol. The van der Waals surface area contributed by atoms with Crippen molar-refractivity contribution in [1.82, 2.24) is 14.9 Å². The topological polar surface area (TPSA) is 46.9 Å². The van der Waals surface area contributed by atoms with Crippen LogP contribution in [0, 0.1) is 6.92 Å². The third kappa shape index (κ3) is 3.33. The minimum atomic E-state index is -0.0112. The fourth-order valence-electron chi connectivity index (χ4n) is 2.20. The van der Waals surface area contributed by atoms with Gasteiger partial charge in [0.25, 0.3) is 5.56 Å². The summed E-state index contributed by atoms with van der Waals surface area (Å²) in [7, 11) is 1.91. The second-order valence-corrected chi connectivity index (χ2v) is 4.96. The van der Waals surface area contributed by atoms with Gasteiger partial charge in [-0.15, -0.1) is 0 Å². The van der Waals surface area contributed by atoms with E-state index in [-0.39, 0.29) is 11.6 Å². The largest absolute Gasteiger partial charge is 0.312 e. The zero-order chi connectivity index (χ0) is 14.5. The van der Waals surface area contributed by atoms with E-state index in [9.17, 15) is 4.79 Å². The molecule has 0 spiro atoms.